The van der Waals surface area contributed by atoms with Crippen LogP contribution in [0.3, 0.4) is 0 Å². The summed E-state index contributed by atoms with van der Waals surface area (Å²) >= 11 is 0. The number of amides is 2. The first-order valence-electron chi connectivity index (χ1n) is 14.2. The molecule has 1 saturated carbocycles. The fraction of sp³-hybridized carbons (Fsp3) is 0.387. The lowest BCUT2D eigenvalue weighted by molar-refractivity contribution is -0.0423. The van der Waals surface area contributed by atoms with Gasteiger partial charge in [-0.15, -0.1) is 0 Å². The zero-order valence-electron chi connectivity index (χ0n) is 23.9. The van der Waals surface area contributed by atoms with Gasteiger partial charge in [-0.3, -0.25) is 14.9 Å². The van der Waals surface area contributed by atoms with Crippen molar-refractivity contribution in [3.63, 3.8) is 0 Å². The molecule has 6 rings (SSSR count). The van der Waals surface area contributed by atoms with Gasteiger partial charge in [0.25, 0.3) is 0 Å². The smallest absolute Gasteiger partial charge is 0.320 e. The third-order valence-electron chi connectivity index (χ3n) is 8.65. The van der Waals surface area contributed by atoms with E-state index in [4.69, 9.17) is 9.84 Å². The van der Waals surface area contributed by atoms with E-state index in [0.717, 1.165) is 47.5 Å². The highest BCUT2D eigenvalue weighted by molar-refractivity contribution is 5.90. The highest BCUT2D eigenvalue weighted by Gasteiger charge is 2.43. The van der Waals surface area contributed by atoms with Crippen LogP contribution in [0.5, 0.6) is 0 Å². The van der Waals surface area contributed by atoms with Crippen molar-refractivity contribution >= 4 is 11.8 Å². The van der Waals surface area contributed by atoms with Crippen LogP contribution in [0.2, 0.25) is 0 Å². The molecule has 2 aromatic carbocycles. The first-order valence-corrected chi connectivity index (χ1v) is 14.2. The molecule has 42 heavy (non-hydrogen) atoms. The van der Waals surface area contributed by atoms with E-state index < -0.39 is 11.6 Å². The fourth-order valence-electron chi connectivity index (χ4n) is 6.24. The summed E-state index contributed by atoms with van der Waals surface area (Å²) in [6.07, 6.45) is 5.84. The quantitative estimate of drug-likeness (QED) is 0.313. The lowest BCUT2D eigenvalue weighted by atomic mass is 9.87. The van der Waals surface area contributed by atoms with Crippen molar-refractivity contribution in [3.05, 3.63) is 83.7 Å². The number of benzene rings is 2. The molecule has 0 spiro atoms. The Morgan fingerprint density at radius 3 is 2.57 bits per heavy atom. The minimum Gasteiger partial charge on any atom is -0.380 e. The highest BCUT2D eigenvalue weighted by Crippen LogP contribution is 2.39. The molecule has 2 amide bonds. The molecule has 1 aliphatic heterocycles. The highest BCUT2D eigenvalue weighted by atomic mass is 19.2. The molecule has 220 valence electrons. The van der Waals surface area contributed by atoms with Gasteiger partial charge < -0.3 is 10.1 Å². The van der Waals surface area contributed by atoms with Crippen LogP contribution in [-0.2, 0) is 11.8 Å². The lowest BCUT2D eigenvalue weighted by Crippen LogP contribution is -2.50. The first kappa shape index (κ1) is 28.0. The maximum absolute atomic E-state index is 14.2. The van der Waals surface area contributed by atoms with Crippen LogP contribution >= 0.6 is 0 Å². The Bertz CT molecular complexity index is 1570. The van der Waals surface area contributed by atoms with Crippen LogP contribution in [0.25, 0.3) is 16.9 Å². The Morgan fingerprint density at radius 2 is 1.90 bits per heavy atom. The summed E-state index contributed by atoms with van der Waals surface area (Å²) in [5, 5.41) is 15.2. The average molecular weight is 576 g/mol. The number of nitrogens with one attached hydrogen (secondary N) is 2. The van der Waals surface area contributed by atoms with Crippen molar-refractivity contribution in [2.75, 3.05) is 32.1 Å². The number of nitrogens with zero attached hydrogens (tertiary/aromatic N) is 5. The number of halogens is 2. The SMILES string of the molecule is COC1CCC1N1CC(CNC(=O)Nc2c(C)c(-c3cnn(C)c3)nn2-c2ccccc2)[C@H](c2ccc(F)c(F)c2)C1. The van der Waals surface area contributed by atoms with Crippen molar-refractivity contribution in [1.29, 1.82) is 0 Å². The second-order valence-electron chi connectivity index (χ2n) is 11.2. The van der Waals surface area contributed by atoms with Gasteiger partial charge in [0.05, 0.1) is 18.0 Å². The van der Waals surface area contributed by atoms with Crippen LogP contribution in [-0.4, -0.2) is 69.4 Å². The Labute approximate surface area is 243 Å². The topological polar surface area (TPSA) is 89.2 Å². The summed E-state index contributed by atoms with van der Waals surface area (Å²) in [6.45, 7) is 3.70. The summed E-state index contributed by atoms with van der Waals surface area (Å²) in [6, 6.07) is 13.6. The zero-order valence-corrected chi connectivity index (χ0v) is 23.9. The van der Waals surface area contributed by atoms with Gasteiger partial charge in [0.2, 0.25) is 0 Å². The number of urea groups is 1. The number of likely N-dealkylation sites (tertiary alicyclic amines) is 1. The van der Waals surface area contributed by atoms with Gasteiger partial charge in [-0.2, -0.15) is 10.2 Å². The van der Waals surface area contributed by atoms with Gasteiger partial charge in [-0.25, -0.2) is 18.3 Å². The predicted octanol–water partition coefficient (Wildman–Crippen LogP) is 4.87. The van der Waals surface area contributed by atoms with Crippen LogP contribution in [0.1, 0.15) is 29.9 Å². The van der Waals surface area contributed by atoms with Gasteiger partial charge >= 0.3 is 6.03 Å². The van der Waals surface area contributed by atoms with Gasteiger partial charge in [0.1, 0.15) is 11.5 Å². The second-order valence-corrected chi connectivity index (χ2v) is 11.2. The molecule has 4 atom stereocenters. The standard InChI is InChI=1S/C31H35F2N7O2/c1-19-29(22-15-35-38(2)16-22)37-40(23-7-5-4-6-8-23)30(19)36-31(41)34-14-21-17-39(27-11-12-28(27)42-3)18-24(21)20-9-10-25(32)26(33)13-20/h4-10,13,15-16,21,24,27-28H,11-12,14,17-18H2,1-3H3,(H2,34,36,41)/t21?,24-,27?,28?/m0/s1. The number of para-hydroxylation sites is 1. The first-order chi connectivity index (χ1) is 20.3. The van der Waals surface area contributed by atoms with Crippen LogP contribution in [0, 0.1) is 24.5 Å². The number of hydrogen-bond donors (Lipinski definition) is 2. The zero-order chi connectivity index (χ0) is 29.4. The molecule has 4 aromatic rings. The summed E-state index contributed by atoms with van der Waals surface area (Å²) in [5.74, 6) is -1.22. The molecule has 2 aromatic heterocycles. The number of carbonyl (C=O) groups is 1. The molecule has 11 heteroatoms. The summed E-state index contributed by atoms with van der Waals surface area (Å²) in [7, 11) is 3.57. The van der Waals surface area contributed by atoms with Crippen molar-refractivity contribution in [2.45, 2.75) is 37.8 Å². The molecule has 3 heterocycles. The van der Waals surface area contributed by atoms with Crippen molar-refractivity contribution < 1.29 is 18.3 Å². The largest absolute Gasteiger partial charge is 0.380 e. The van der Waals surface area contributed by atoms with Gasteiger partial charge in [-0.05, 0) is 55.5 Å². The maximum Gasteiger partial charge on any atom is 0.320 e. The molecular weight excluding hydrogens is 540 g/mol. The Morgan fingerprint density at radius 1 is 1.10 bits per heavy atom. The molecule has 9 nitrogen and oxygen atoms in total. The number of rotatable bonds is 8. The van der Waals surface area contributed by atoms with E-state index in [1.165, 1.54) is 12.1 Å². The van der Waals surface area contributed by atoms with Gasteiger partial charge in [-0.1, -0.05) is 24.3 Å². The number of carbonyl (C=O) groups excluding carboxylic acids is 1. The molecule has 2 aliphatic rings. The number of anilines is 1. The Balaban J connectivity index is 1.21. The third-order valence-corrected chi connectivity index (χ3v) is 8.65. The average Bonchev–Trinajstić information content (AvgIpc) is 3.67. The maximum atomic E-state index is 14.2. The number of hydrogen-bond acceptors (Lipinski definition) is 5. The normalized spacial score (nSPS) is 22.2. The Hall–Kier alpha value is -4.09. The van der Waals surface area contributed by atoms with E-state index in [2.05, 4.69) is 20.6 Å². The molecule has 2 fully saturated rings. The van der Waals surface area contributed by atoms with Crippen molar-refractivity contribution in [2.24, 2.45) is 13.0 Å². The van der Waals surface area contributed by atoms with Crippen LogP contribution in [0.15, 0.2) is 60.9 Å². The third kappa shape index (κ3) is 5.41. The van der Waals surface area contributed by atoms with E-state index in [1.807, 2.05) is 50.5 Å². The predicted molar refractivity (Wildman–Crippen MR) is 156 cm³/mol. The minimum absolute atomic E-state index is 0.00445. The lowest BCUT2D eigenvalue weighted by Gasteiger charge is -2.41. The number of aromatic nitrogens is 4. The van der Waals surface area contributed by atoms with Crippen LogP contribution < -0.4 is 10.6 Å². The summed E-state index contributed by atoms with van der Waals surface area (Å²) < 4.78 is 37.0. The van der Waals surface area contributed by atoms with E-state index >= 15 is 0 Å². The molecule has 1 aliphatic carbocycles. The Kier molecular flexibility index (Phi) is 7.78. The van der Waals surface area contributed by atoms with Gasteiger partial charge in [0.15, 0.2) is 11.6 Å². The number of ether oxygens (including phenoxy) is 1. The van der Waals surface area contributed by atoms with Gasteiger partial charge in [0, 0.05) is 63.1 Å². The minimum atomic E-state index is -0.864. The van der Waals surface area contributed by atoms with Crippen LogP contribution in [0.4, 0.5) is 19.4 Å². The van der Waals surface area contributed by atoms with E-state index in [0.29, 0.717) is 18.9 Å². The molecular formula is C31H35F2N7O2. The molecule has 0 bridgehead atoms. The second kappa shape index (κ2) is 11.7. The van der Waals surface area contributed by atoms with E-state index in [1.54, 1.807) is 28.7 Å². The number of methoxy groups -OCH3 is 1. The molecule has 3 unspecified atom stereocenters. The van der Waals surface area contributed by atoms with E-state index in [-0.39, 0.29) is 30.0 Å². The molecule has 2 N–H and O–H groups in total. The van der Waals surface area contributed by atoms with E-state index in [9.17, 15) is 13.6 Å². The van der Waals surface area contributed by atoms with Crippen molar-refractivity contribution in [1.82, 2.24) is 29.8 Å². The summed E-state index contributed by atoms with van der Waals surface area (Å²) in [5.41, 5.74) is 3.92. The monoisotopic (exact) mass is 575 g/mol. The molecule has 0 radical (unpaired) electrons. The molecule has 1 saturated heterocycles. The van der Waals surface area contributed by atoms with Crippen molar-refractivity contribution in [3.8, 4) is 16.9 Å². The number of aryl methyl sites for hydroxylation is 1. The fourth-order valence-corrected chi connectivity index (χ4v) is 6.24. The summed E-state index contributed by atoms with van der Waals surface area (Å²) in [4.78, 5) is 15.7.